The van der Waals surface area contributed by atoms with Crippen LogP contribution < -0.4 is 10.2 Å². The molecule has 0 aliphatic carbocycles. The SMILES string of the molecule is Cc1ccc(C(C)NC(=O)CC2CCCCN2c2ccnc(-n3ccnc3)n2)cc1. The number of hydrogen-bond donors (Lipinski definition) is 1. The Morgan fingerprint density at radius 3 is 2.80 bits per heavy atom. The number of hydrogen-bond acceptors (Lipinski definition) is 5. The summed E-state index contributed by atoms with van der Waals surface area (Å²) in [5.74, 6) is 1.52. The van der Waals surface area contributed by atoms with Crippen LogP contribution in [0.3, 0.4) is 0 Å². The summed E-state index contributed by atoms with van der Waals surface area (Å²) < 4.78 is 1.79. The predicted octanol–water partition coefficient (Wildman–Crippen LogP) is 3.60. The van der Waals surface area contributed by atoms with Gasteiger partial charge in [0.1, 0.15) is 12.1 Å². The Kier molecular flexibility index (Phi) is 6.07. The van der Waals surface area contributed by atoms with Gasteiger partial charge in [-0.2, -0.15) is 4.98 Å². The maximum absolute atomic E-state index is 12.8. The monoisotopic (exact) mass is 404 g/mol. The minimum Gasteiger partial charge on any atom is -0.353 e. The number of piperidine rings is 1. The molecule has 1 N–H and O–H groups in total. The van der Waals surface area contributed by atoms with Gasteiger partial charge in [-0.05, 0) is 44.7 Å². The van der Waals surface area contributed by atoms with Gasteiger partial charge in [-0.15, -0.1) is 0 Å². The third-order valence-electron chi connectivity index (χ3n) is 5.66. The fourth-order valence-corrected chi connectivity index (χ4v) is 3.97. The van der Waals surface area contributed by atoms with Gasteiger partial charge >= 0.3 is 0 Å². The minimum atomic E-state index is -0.0120. The van der Waals surface area contributed by atoms with Crippen molar-refractivity contribution >= 4 is 11.7 Å². The fraction of sp³-hybridized carbons (Fsp3) is 0.391. The topological polar surface area (TPSA) is 75.9 Å². The van der Waals surface area contributed by atoms with Crippen LogP contribution in [0.5, 0.6) is 0 Å². The van der Waals surface area contributed by atoms with Crippen LogP contribution in [0, 0.1) is 6.92 Å². The highest BCUT2D eigenvalue weighted by Crippen LogP contribution is 2.26. The molecular weight excluding hydrogens is 376 g/mol. The largest absolute Gasteiger partial charge is 0.353 e. The van der Waals surface area contributed by atoms with Crippen LogP contribution in [-0.4, -0.2) is 38.0 Å². The molecule has 1 saturated heterocycles. The summed E-state index contributed by atoms with van der Waals surface area (Å²) in [4.78, 5) is 28.2. The van der Waals surface area contributed by atoms with Crippen molar-refractivity contribution in [3.63, 3.8) is 0 Å². The van der Waals surface area contributed by atoms with Gasteiger partial charge in [0, 0.05) is 37.6 Å². The number of imidazole rings is 1. The first-order chi connectivity index (χ1) is 14.6. The number of nitrogens with one attached hydrogen (secondary N) is 1. The van der Waals surface area contributed by atoms with Crippen molar-refractivity contribution in [1.29, 1.82) is 0 Å². The number of aromatic nitrogens is 4. The van der Waals surface area contributed by atoms with Gasteiger partial charge in [-0.25, -0.2) is 9.97 Å². The van der Waals surface area contributed by atoms with E-state index >= 15 is 0 Å². The van der Waals surface area contributed by atoms with Gasteiger partial charge in [0.2, 0.25) is 11.9 Å². The van der Waals surface area contributed by atoms with Gasteiger partial charge in [0.15, 0.2) is 0 Å². The zero-order valence-corrected chi connectivity index (χ0v) is 17.5. The lowest BCUT2D eigenvalue weighted by Crippen LogP contribution is -2.43. The summed E-state index contributed by atoms with van der Waals surface area (Å²) in [6.07, 6.45) is 10.7. The summed E-state index contributed by atoms with van der Waals surface area (Å²) in [7, 11) is 0. The van der Waals surface area contributed by atoms with E-state index in [4.69, 9.17) is 4.98 Å². The lowest BCUT2D eigenvalue weighted by Gasteiger charge is -2.36. The number of rotatable bonds is 6. The van der Waals surface area contributed by atoms with E-state index in [2.05, 4.69) is 51.4 Å². The second-order valence-electron chi connectivity index (χ2n) is 7.93. The molecule has 1 fully saturated rings. The highest BCUT2D eigenvalue weighted by Gasteiger charge is 2.26. The Hall–Kier alpha value is -3.22. The van der Waals surface area contributed by atoms with Gasteiger partial charge in [-0.3, -0.25) is 9.36 Å². The molecule has 7 heteroatoms. The number of amides is 1. The molecular formula is C23H28N6O. The van der Waals surface area contributed by atoms with Crippen LogP contribution in [0.2, 0.25) is 0 Å². The van der Waals surface area contributed by atoms with E-state index < -0.39 is 0 Å². The molecule has 1 amide bonds. The quantitative estimate of drug-likeness (QED) is 0.679. The number of anilines is 1. The number of carbonyl (C=O) groups excluding carboxylic acids is 1. The molecule has 156 valence electrons. The van der Waals surface area contributed by atoms with E-state index in [0.717, 1.165) is 37.2 Å². The third kappa shape index (κ3) is 4.67. The zero-order valence-electron chi connectivity index (χ0n) is 17.5. The van der Waals surface area contributed by atoms with Crippen LogP contribution in [-0.2, 0) is 4.79 Å². The first kappa shape index (κ1) is 20.1. The van der Waals surface area contributed by atoms with Crippen molar-refractivity contribution in [2.24, 2.45) is 0 Å². The van der Waals surface area contributed by atoms with Crippen molar-refractivity contribution in [2.75, 3.05) is 11.4 Å². The van der Waals surface area contributed by atoms with Crippen molar-refractivity contribution in [3.05, 3.63) is 66.4 Å². The molecule has 4 rings (SSSR count). The van der Waals surface area contributed by atoms with Gasteiger partial charge < -0.3 is 10.2 Å². The third-order valence-corrected chi connectivity index (χ3v) is 5.66. The summed E-state index contributed by atoms with van der Waals surface area (Å²) in [6, 6.07) is 10.3. The van der Waals surface area contributed by atoms with E-state index in [1.54, 1.807) is 23.3 Å². The Morgan fingerprint density at radius 1 is 1.20 bits per heavy atom. The van der Waals surface area contributed by atoms with Crippen molar-refractivity contribution in [3.8, 4) is 5.95 Å². The first-order valence-electron chi connectivity index (χ1n) is 10.5. The first-order valence-corrected chi connectivity index (χ1v) is 10.5. The van der Waals surface area contributed by atoms with Crippen LogP contribution in [0.1, 0.15) is 49.8 Å². The van der Waals surface area contributed by atoms with Gasteiger partial charge in [0.05, 0.1) is 6.04 Å². The highest BCUT2D eigenvalue weighted by molar-refractivity contribution is 5.77. The predicted molar refractivity (Wildman–Crippen MR) is 116 cm³/mol. The van der Waals surface area contributed by atoms with E-state index in [-0.39, 0.29) is 18.0 Å². The highest BCUT2D eigenvalue weighted by atomic mass is 16.1. The summed E-state index contributed by atoms with van der Waals surface area (Å²) >= 11 is 0. The Bertz CT molecular complexity index is 970. The molecule has 1 aliphatic rings. The minimum absolute atomic E-state index is 0.0120. The number of benzene rings is 1. The molecule has 0 radical (unpaired) electrons. The molecule has 1 aliphatic heterocycles. The summed E-state index contributed by atoms with van der Waals surface area (Å²) in [5, 5.41) is 3.16. The van der Waals surface area contributed by atoms with E-state index in [1.165, 1.54) is 5.56 Å². The molecule has 2 unspecified atom stereocenters. The lowest BCUT2D eigenvalue weighted by atomic mass is 9.98. The van der Waals surface area contributed by atoms with Crippen LogP contribution >= 0.6 is 0 Å². The Morgan fingerprint density at radius 2 is 2.03 bits per heavy atom. The Balaban J connectivity index is 1.44. The van der Waals surface area contributed by atoms with E-state index in [1.807, 2.05) is 19.2 Å². The molecule has 0 spiro atoms. The van der Waals surface area contributed by atoms with Crippen molar-refractivity contribution < 1.29 is 4.79 Å². The molecule has 3 heterocycles. The molecule has 7 nitrogen and oxygen atoms in total. The van der Waals surface area contributed by atoms with Crippen LogP contribution in [0.15, 0.2) is 55.2 Å². The smallest absolute Gasteiger partial charge is 0.236 e. The maximum Gasteiger partial charge on any atom is 0.236 e. The van der Waals surface area contributed by atoms with Crippen LogP contribution in [0.25, 0.3) is 5.95 Å². The average Bonchev–Trinajstić information content (AvgIpc) is 3.30. The maximum atomic E-state index is 12.8. The fourth-order valence-electron chi connectivity index (χ4n) is 3.97. The standard InChI is InChI=1S/C23H28N6O/c1-17-6-8-19(9-7-17)18(2)26-22(30)15-20-5-3-4-13-29(20)21-10-11-25-23(27-21)28-14-12-24-16-28/h6-12,14,16,18,20H,3-5,13,15H2,1-2H3,(H,26,30). The number of nitrogens with zero attached hydrogens (tertiary/aromatic N) is 5. The van der Waals surface area contributed by atoms with E-state index in [9.17, 15) is 4.79 Å². The summed E-state index contributed by atoms with van der Waals surface area (Å²) in [5.41, 5.74) is 2.34. The molecule has 30 heavy (non-hydrogen) atoms. The average molecular weight is 405 g/mol. The second kappa shape index (κ2) is 9.07. The van der Waals surface area contributed by atoms with Crippen molar-refractivity contribution in [1.82, 2.24) is 24.8 Å². The molecule has 0 bridgehead atoms. The normalized spacial score (nSPS) is 17.5. The number of aryl methyl sites for hydroxylation is 1. The van der Waals surface area contributed by atoms with Gasteiger partial charge in [-0.1, -0.05) is 29.8 Å². The Labute approximate surface area is 177 Å². The summed E-state index contributed by atoms with van der Waals surface area (Å²) in [6.45, 7) is 4.99. The van der Waals surface area contributed by atoms with E-state index in [0.29, 0.717) is 12.4 Å². The van der Waals surface area contributed by atoms with Crippen molar-refractivity contribution in [2.45, 2.75) is 51.6 Å². The number of carbonyl (C=O) groups is 1. The van der Waals surface area contributed by atoms with Gasteiger partial charge in [0.25, 0.3) is 0 Å². The zero-order chi connectivity index (χ0) is 20.9. The van der Waals surface area contributed by atoms with Crippen LogP contribution in [0.4, 0.5) is 5.82 Å². The lowest BCUT2D eigenvalue weighted by molar-refractivity contribution is -0.122. The molecule has 3 aromatic rings. The second-order valence-corrected chi connectivity index (χ2v) is 7.93. The molecule has 2 atom stereocenters. The molecule has 2 aromatic heterocycles. The molecule has 1 aromatic carbocycles. The molecule has 0 saturated carbocycles.